The molecule has 0 saturated heterocycles. The molecule has 0 radical (unpaired) electrons. The third kappa shape index (κ3) is 2.76. The number of carbonyl (C=O) groups excluding carboxylic acids is 1. The van der Waals surface area contributed by atoms with Gasteiger partial charge >= 0.3 is 0 Å². The van der Waals surface area contributed by atoms with Crippen LogP contribution in [0.4, 0.5) is 0 Å². The molecule has 5 heteroatoms. The Morgan fingerprint density at radius 2 is 2.11 bits per heavy atom. The van der Waals surface area contributed by atoms with Crippen molar-refractivity contribution in [2.45, 2.75) is 58.9 Å². The van der Waals surface area contributed by atoms with Crippen molar-refractivity contribution in [1.82, 2.24) is 4.90 Å². The smallest absolute Gasteiger partial charge is 0.236 e. The first-order valence-electron chi connectivity index (χ1n) is 6.82. The number of oxime groups is 1. The second-order valence-electron chi connectivity index (χ2n) is 5.18. The summed E-state index contributed by atoms with van der Waals surface area (Å²) < 4.78 is 0. The van der Waals surface area contributed by atoms with Crippen molar-refractivity contribution in [3.63, 3.8) is 0 Å². The fraction of sp³-hybridized carbons (Fsp3) is 0.846. The zero-order valence-electron chi connectivity index (χ0n) is 11.6. The van der Waals surface area contributed by atoms with E-state index in [1.54, 1.807) is 0 Å². The molecule has 18 heavy (non-hydrogen) atoms. The van der Waals surface area contributed by atoms with Gasteiger partial charge in [0.05, 0.1) is 0 Å². The fourth-order valence-corrected chi connectivity index (χ4v) is 2.15. The molecular formula is C13H25N3O2. The van der Waals surface area contributed by atoms with Gasteiger partial charge in [0.25, 0.3) is 0 Å². The summed E-state index contributed by atoms with van der Waals surface area (Å²) in [6.07, 6.45) is 4.35. The van der Waals surface area contributed by atoms with Gasteiger partial charge in [0.1, 0.15) is 5.41 Å². The van der Waals surface area contributed by atoms with Gasteiger partial charge in [0.2, 0.25) is 5.91 Å². The Morgan fingerprint density at radius 1 is 1.50 bits per heavy atom. The molecule has 1 aliphatic rings. The molecule has 0 aromatic heterocycles. The van der Waals surface area contributed by atoms with E-state index in [9.17, 15) is 4.79 Å². The first-order valence-corrected chi connectivity index (χ1v) is 6.82. The molecule has 0 heterocycles. The Balaban J connectivity index is 2.82. The van der Waals surface area contributed by atoms with E-state index in [2.05, 4.69) is 25.9 Å². The summed E-state index contributed by atoms with van der Waals surface area (Å²) in [5, 5.41) is 11.8. The second kappa shape index (κ2) is 6.07. The van der Waals surface area contributed by atoms with E-state index in [1.807, 2.05) is 4.90 Å². The standard InChI is InChI=1S/C13H25N3O2/c1-4-6-9-16(10(3)5-2)12(17)13(7-8-13)11(14)15-18/h10,18H,4-9H2,1-3H3,(H2,14,15). The Labute approximate surface area is 109 Å². The number of hydrogen-bond donors (Lipinski definition) is 2. The molecule has 3 N–H and O–H groups in total. The Hall–Kier alpha value is -1.26. The average molecular weight is 255 g/mol. The number of unbranched alkanes of at least 4 members (excludes halogenated alkanes) is 1. The minimum Gasteiger partial charge on any atom is -0.409 e. The van der Waals surface area contributed by atoms with Crippen LogP contribution in [0.3, 0.4) is 0 Å². The van der Waals surface area contributed by atoms with Gasteiger partial charge in [-0.05, 0) is 32.6 Å². The number of nitrogens with zero attached hydrogens (tertiary/aromatic N) is 2. The largest absolute Gasteiger partial charge is 0.409 e. The maximum atomic E-state index is 12.6. The van der Waals surface area contributed by atoms with Crippen molar-refractivity contribution in [2.24, 2.45) is 16.3 Å². The Morgan fingerprint density at radius 3 is 2.50 bits per heavy atom. The summed E-state index contributed by atoms with van der Waals surface area (Å²) in [5.74, 6) is 0.0953. The summed E-state index contributed by atoms with van der Waals surface area (Å²) in [6.45, 7) is 6.98. The summed E-state index contributed by atoms with van der Waals surface area (Å²) in [5.41, 5.74) is 4.96. The molecule has 0 aromatic carbocycles. The van der Waals surface area contributed by atoms with E-state index in [1.165, 1.54) is 0 Å². The number of amides is 1. The van der Waals surface area contributed by atoms with Gasteiger partial charge in [-0.1, -0.05) is 25.4 Å². The van der Waals surface area contributed by atoms with Crippen LogP contribution >= 0.6 is 0 Å². The van der Waals surface area contributed by atoms with Crippen molar-refractivity contribution < 1.29 is 10.0 Å². The average Bonchev–Trinajstić information content (AvgIpc) is 3.19. The third-order valence-electron chi connectivity index (χ3n) is 3.89. The second-order valence-corrected chi connectivity index (χ2v) is 5.18. The molecule has 0 bridgehead atoms. The van der Waals surface area contributed by atoms with Crippen molar-refractivity contribution in [2.75, 3.05) is 6.54 Å². The number of nitrogens with two attached hydrogens (primary N) is 1. The molecule has 1 rings (SSSR count). The summed E-state index contributed by atoms with van der Waals surface area (Å²) in [4.78, 5) is 14.5. The van der Waals surface area contributed by atoms with E-state index in [4.69, 9.17) is 10.9 Å². The first kappa shape index (κ1) is 14.8. The molecule has 1 saturated carbocycles. The molecule has 1 unspecified atom stereocenters. The van der Waals surface area contributed by atoms with E-state index < -0.39 is 5.41 Å². The highest BCUT2D eigenvalue weighted by atomic mass is 16.4. The highest BCUT2D eigenvalue weighted by Crippen LogP contribution is 2.47. The van der Waals surface area contributed by atoms with Crippen LogP contribution in [-0.4, -0.2) is 34.4 Å². The van der Waals surface area contributed by atoms with Gasteiger partial charge in [-0.2, -0.15) is 0 Å². The number of carbonyl (C=O) groups is 1. The van der Waals surface area contributed by atoms with Gasteiger partial charge in [-0.15, -0.1) is 0 Å². The maximum Gasteiger partial charge on any atom is 0.236 e. The topological polar surface area (TPSA) is 78.9 Å². The molecule has 1 atom stereocenters. The highest BCUT2D eigenvalue weighted by molar-refractivity contribution is 6.09. The lowest BCUT2D eigenvalue weighted by Crippen LogP contribution is -2.47. The maximum absolute atomic E-state index is 12.6. The monoisotopic (exact) mass is 255 g/mol. The molecule has 0 aliphatic heterocycles. The van der Waals surface area contributed by atoms with Gasteiger partial charge in [-0.3, -0.25) is 4.79 Å². The lowest BCUT2D eigenvalue weighted by Gasteiger charge is -2.31. The Kier molecular flexibility index (Phi) is 4.99. The summed E-state index contributed by atoms with van der Waals surface area (Å²) in [7, 11) is 0. The molecule has 1 amide bonds. The number of rotatable bonds is 7. The van der Waals surface area contributed by atoms with Crippen molar-refractivity contribution >= 4 is 11.7 Å². The molecule has 0 spiro atoms. The molecule has 0 aromatic rings. The lowest BCUT2D eigenvalue weighted by atomic mass is 10.0. The predicted octanol–water partition coefficient (Wildman–Crippen LogP) is 1.94. The van der Waals surface area contributed by atoms with Crippen molar-refractivity contribution in [1.29, 1.82) is 0 Å². The third-order valence-corrected chi connectivity index (χ3v) is 3.89. The molecule has 104 valence electrons. The van der Waals surface area contributed by atoms with Gasteiger partial charge in [0, 0.05) is 12.6 Å². The van der Waals surface area contributed by atoms with Crippen LogP contribution in [0.2, 0.25) is 0 Å². The number of hydrogen-bond acceptors (Lipinski definition) is 3. The van der Waals surface area contributed by atoms with Gasteiger partial charge in [-0.25, -0.2) is 0 Å². The van der Waals surface area contributed by atoms with Gasteiger partial charge < -0.3 is 15.8 Å². The van der Waals surface area contributed by atoms with E-state index in [0.717, 1.165) is 25.8 Å². The van der Waals surface area contributed by atoms with Crippen LogP contribution in [0.25, 0.3) is 0 Å². The minimum absolute atomic E-state index is 0.0283. The minimum atomic E-state index is -0.716. The van der Waals surface area contributed by atoms with Crippen LogP contribution in [0.5, 0.6) is 0 Å². The summed E-state index contributed by atoms with van der Waals surface area (Å²) >= 11 is 0. The van der Waals surface area contributed by atoms with E-state index in [-0.39, 0.29) is 17.8 Å². The molecular weight excluding hydrogens is 230 g/mol. The highest BCUT2D eigenvalue weighted by Gasteiger charge is 2.56. The lowest BCUT2D eigenvalue weighted by molar-refractivity contribution is -0.136. The van der Waals surface area contributed by atoms with Crippen LogP contribution in [-0.2, 0) is 4.79 Å². The fourth-order valence-electron chi connectivity index (χ4n) is 2.15. The summed E-state index contributed by atoms with van der Waals surface area (Å²) in [6, 6.07) is 0.202. The molecule has 1 fully saturated rings. The van der Waals surface area contributed by atoms with Crippen LogP contribution in [0, 0.1) is 5.41 Å². The van der Waals surface area contributed by atoms with Crippen molar-refractivity contribution in [3.8, 4) is 0 Å². The molecule has 5 nitrogen and oxygen atoms in total. The zero-order chi connectivity index (χ0) is 13.8. The zero-order valence-corrected chi connectivity index (χ0v) is 11.6. The van der Waals surface area contributed by atoms with Crippen LogP contribution in [0.15, 0.2) is 5.16 Å². The van der Waals surface area contributed by atoms with Crippen LogP contribution < -0.4 is 5.73 Å². The SMILES string of the molecule is CCCCN(C(=O)C1(C(N)=NO)CC1)C(C)CC. The Bertz CT molecular complexity index is 324. The van der Waals surface area contributed by atoms with E-state index in [0.29, 0.717) is 12.8 Å². The quantitative estimate of drug-likeness (QED) is 0.316. The normalized spacial score (nSPS) is 19.4. The van der Waals surface area contributed by atoms with Gasteiger partial charge in [0.15, 0.2) is 5.84 Å². The molecule has 1 aliphatic carbocycles. The first-order chi connectivity index (χ1) is 8.53. The van der Waals surface area contributed by atoms with Crippen LogP contribution in [0.1, 0.15) is 52.9 Å². The van der Waals surface area contributed by atoms with Crippen molar-refractivity contribution in [3.05, 3.63) is 0 Å². The number of amidine groups is 1. The predicted molar refractivity (Wildman–Crippen MR) is 71.4 cm³/mol. The van der Waals surface area contributed by atoms with E-state index >= 15 is 0 Å².